The zero-order chi connectivity index (χ0) is 22.7. The highest BCUT2D eigenvalue weighted by molar-refractivity contribution is 7.99. The van der Waals surface area contributed by atoms with E-state index < -0.39 is 0 Å². The fourth-order valence-corrected chi connectivity index (χ4v) is 4.31. The molecule has 7 nitrogen and oxygen atoms in total. The highest BCUT2D eigenvalue weighted by Crippen LogP contribution is 2.44. The normalized spacial score (nSPS) is 12.2. The number of hydrogen-bond donors (Lipinski definition) is 2. The molecule has 0 fully saturated rings. The number of fused-ring (bicyclic) bond motifs is 2. The van der Waals surface area contributed by atoms with Gasteiger partial charge in [0, 0.05) is 15.4 Å². The minimum absolute atomic E-state index is 0.344. The van der Waals surface area contributed by atoms with E-state index in [4.69, 9.17) is 14.2 Å². The van der Waals surface area contributed by atoms with Crippen molar-refractivity contribution in [3.63, 3.8) is 0 Å². The van der Waals surface area contributed by atoms with Crippen molar-refractivity contribution in [3.8, 4) is 17.2 Å². The molecule has 1 aliphatic heterocycles. The van der Waals surface area contributed by atoms with Crippen molar-refractivity contribution < 1.29 is 19.0 Å². The van der Waals surface area contributed by atoms with Crippen molar-refractivity contribution >= 4 is 34.8 Å². The highest BCUT2D eigenvalue weighted by Gasteiger charge is 2.18. The lowest BCUT2D eigenvalue weighted by Gasteiger charge is -2.21. The van der Waals surface area contributed by atoms with Gasteiger partial charge in [0.15, 0.2) is 11.5 Å². The van der Waals surface area contributed by atoms with E-state index in [9.17, 15) is 4.79 Å². The number of hydrazone groups is 1. The van der Waals surface area contributed by atoms with Crippen molar-refractivity contribution in [3.05, 3.63) is 65.7 Å². The standard InChI is InChI=1S/C24H23N3O4S/c1-14(15-9-10-22-18(11-15)25-17-7-5-6-8-21(17)32-22)26-27-24(28)16-12-19(29-2)23(31-4)20(13-16)30-3/h5-13,25H,1-4H3,(H,27,28)/b26-14-. The predicted molar refractivity (Wildman–Crippen MR) is 126 cm³/mol. The van der Waals surface area contributed by atoms with Crippen LogP contribution in [-0.2, 0) is 0 Å². The Hall–Kier alpha value is -3.65. The Morgan fingerprint density at radius 1 is 0.875 bits per heavy atom. The second-order valence-electron chi connectivity index (χ2n) is 6.99. The summed E-state index contributed by atoms with van der Waals surface area (Å²) >= 11 is 1.72. The van der Waals surface area contributed by atoms with Crippen LogP contribution in [0.1, 0.15) is 22.8 Å². The Bertz CT molecular complexity index is 1180. The summed E-state index contributed by atoms with van der Waals surface area (Å²) in [6, 6.07) is 17.4. The van der Waals surface area contributed by atoms with Crippen LogP contribution in [0.2, 0.25) is 0 Å². The van der Waals surface area contributed by atoms with Crippen LogP contribution >= 0.6 is 11.8 Å². The molecule has 0 saturated heterocycles. The topological polar surface area (TPSA) is 81.2 Å². The molecule has 164 valence electrons. The zero-order valence-electron chi connectivity index (χ0n) is 18.2. The zero-order valence-corrected chi connectivity index (χ0v) is 19.0. The maximum absolute atomic E-state index is 12.7. The van der Waals surface area contributed by atoms with Gasteiger partial charge in [-0.3, -0.25) is 4.79 Å². The van der Waals surface area contributed by atoms with Crippen molar-refractivity contribution in [2.75, 3.05) is 26.6 Å². The average molecular weight is 450 g/mol. The van der Waals surface area contributed by atoms with Crippen molar-refractivity contribution in [2.45, 2.75) is 16.7 Å². The van der Waals surface area contributed by atoms with E-state index in [1.807, 2.05) is 31.2 Å². The van der Waals surface area contributed by atoms with Gasteiger partial charge in [-0.1, -0.05) is 30.0 Å². The number of benzene rings is 3. The van der Waals surface area contributed by atoms with Gasteiger partial charge in [0.1, 0.15) is 0 Å². The second-order valence-corrected chi connectivity index (χ2v) is 8.07. The van der Waals surface area contributed by atoms with Crippen molar-refractivity contribution in [1.29, 1.82) is 0 Å². The molecule has 32 heavy (non-hydrogen) atoms. The fraction of sp³-hybridized carbons (Fsp3) is 0.167. The Balaban J connectivity index is 1.53. The first-order valence-electron chi connectivity index (χ1n) is 9.87. The summed E-state index contributed by atoms with van der Waals surface area (Å²) < 4.78 is 15.9. The lowest BCUT2D eigenvalue weighted by molar-refractivity contribution is 0.0954. The van der Waals surface area contributed by atoms with Crippen LogP contribution in [0.4, 0.5) is 11.4 Å². The summed E-state index contributed by atoms with van der Waals surface area (Å²) in [7, 11) is 4.52. The molecule has 0 radical (unpaired) electrons. The van der Waals surface area contributed by atoms with Crippen LogP contribution in [0.15, 0.2) is 69.5 Å². The molecule has 1 amide bonds. The number of hydrogen-bond acceptors (Lipinski definition) is 7. The Morgan fingerprint density at radius 2 is 1.56 bits per heavy atom. The van der Waals surface area contributed by atoms with Crippen molar-refractivity contribution in [1.82, 2.24) is 5.43 Å². The van der Waals surface area contributed by atoms with Crippen LogP contribution in [0.3, 0.4) is 0 Å². The molecule has 0 spiro atoms. The minimum Gasteiger partial charge on any atom is -0.493 e. The van der Waals surface area contributed by atoms with Gasteiger partial charge in [-0.2, -0.15) is 5.10 Å². The maximum Gasteiger partial charge on any atom is 0.271 e. The first-order chi connectivity index (χ1) is 15.5. The molecule has 0 unspecified atom stereocenters. The number of anilines is 2. The van der Waals surface area contributed by atoms with E-state index in [0.29, 0.717) is 28.5 Å². The summed E-state index contributed by atoms with van der Waals surface area (Å²) in [5, 5.41) is 7.75. The maximum atomic E-state index is 12.7. The predicted octanol–water partition coefficient (Wildman–Crippen LogP) is 5.07. The van der Waals surface area contributed by atoms with Crippen molar-refractivity contribution in [2.24, 2.45) is 5.10 Å². The summed E-state index contributed by atoms with van der Waals surface area (Å²) in [5.41, 5.74) is 6.62. The molecular formula is C24H23N3O4S. The molecule has 3 aromatic carbocycles. The molecule has 3 aromatic rings. The third-order valence-corrected chi connectivity index (χ3v) is 6.18. The fourth-order valence-electron chi connectivity index (χ4n) is 3.34. The average Bonchev–Trinajstić information content (AvgIpc) is 2.84. The van der Waals surface area contributed by atoms with Gasteiger partial charge >= 0.3 is 0 Å². The number of carbonyl (C=O) groups excluding carboxylic acids is 1. The number of nitrogens with zero attached hydrogens (tertiary/aromatic N) is 1. The van der Waals surface area contributed by atoms with E-state index >= 15 is 0 Å². The smallest absolute Gasteiger partial charge is 0.271 e. The van der Waals surface area contributed by atoms with Crippen LogP contribution < -0.4 is 25.0 Å². The molecule has 1 heterocycles. The number of para-hydroxylation sites is 1. The summed E-state index contributed by atoms with van der Waals surface area (Å²) in [6.45, 7) is 1.85. The van der Waals surface area contributed by atoms with Gasteiger partial charge in [0.2, 0.25) is 5.75 Å². The number of ether oxygens (including phenoxy) is 3. The van der Waals surface area contributed by atoms with Crippen LogP contribution in [0, 0.1) is 0 Å². The van der Waals surface area contributed by atoms with Gasteiger partial charge in [-0.25, -0.2) is 5.43 Å². The van der Waals surface area contributed by atoms with Gasteiger partial charge in [0.25, 0.3) is 5.91 Å². The first kappa shape index (κ1) is 21.6. The molecule has 0 saturated carbocycles. The Labute approximate surface area is 190 Å². The lowest BCUT2D eigenvalue weighted by Crippen LogP contribution is -2.19. The summed E-state index contributed by atoms with van der Waals surface area (Å²) in [6.07, 6.45) is 0. The number of amides is 1. The van der Waals surface area contributed by atoms with E-state index in [1.54, 1.807) is 23.9 Å². The number of carbonyl (C=O) groups is 1. The second kappa shape index (κ2) is 9.23. The quantitative estimate of drug-likeness (QED) is 0.316. The third kappa shape index (κ3) is 4.22. The van der Waals surface area contributed by atoms with E-state index in [0.717, 1.165) is 21.8 Å². The Morgan fingerprint density at radius 3 is 2.25 bits per heavy atom. The van der Waals surface area contributed by atoms with Gasteiger partial charge in [-0.15, -0.1) is 0 Å². The number of methoxy groups -OCH3 is 3. The van der Waals surface area contributed by atoms with Gasteiger partial charge < -0.3 is 19.5 Å². The van der Waals surface area contributed by atoms with E-state index in [2.05, 4.69) is 34.0 Å². The lowest BCUT2D eigenvalue weighted by atomic mass is 10.1. The Kier molecular flexibility index (Phi) is 6.23. The molecule has 0 aliphatic carbocycles. The molecule has 0 aromatic heterocycles. The SMILES string of the molecule is COc1cc(C(=O)N/N=C(/C)c2ccc3c(c2)Nc2ccccc2S3)cc(OC)c1OC. The monoisotopic (exact) mass is 449 g/mol. The van der Waals surface area contributed by atoms with E-state index in [-0.39, 0.29) is 5.91 Å². The molecule has 0 atom stereocenters. The molecule has 8 heteroatoms. The van der Waals surface area contributed by atoms with Crippen LogP contribution in [0.5, 0.6) is 17.2 Å². The number of rotatable bonds is 6. The molecule has 0 bridgehead atoms. The molecule has 4 rings (SSSR count). The molecule has 1 aliphatic rings. The minimum atomic E-state index is -0.385. The highest BCUT2D eigenvalue weighted by atomic mass is 32.2. The largest absolute Gasteiger partial charge is 0.493 e. The molecule has 2 N–H and O–H groups in total. The van der Waals surface area contributed by atoms with Crippen LogP contribution in [-0.4, -0.2) is 32.9 Å². The first-order valence-corrected chi connectivity index (χ1v) is 10.7. The van der Waals surface area contributed by atoms with Crippen LogP contribution in [0.25, 0.3) is 0 Å². The summed E-state index contributed by atoms with van der Waals surface area (Å²) in [4.78, 5) is 15.0. The molecular weight excluding hydrogens is 426 g/mol. The number of nitrogens with one attached hydrogen (secondary N) is 2. The van der Waals surface area contributed by atoms with Gasteiger partial charge in [-0.05, 0) is 48.9 Å². The summed E-state index contributed by atoms with van der Waals surface area (Å²) in [5.74, 6) is 0.837. The van der Waals surface area contributed by atoms with E-state index in [1.165, 1.54) is 26.2 Å². The van der Waals surface area contributed by atoms with Gasteiger partial charge in [0.05, 0.1) is 38.4 Å². The third-order valence-electron chi connectivity index (χ3n) is 5.03.